The van der Waals surface area contributed by atoms with Gasteiger partial charge in [0.2, 0.25) is 0 Å². The summed E-state index contributed by atoms with van der Waals surface area (Å²) in [4.78, 5) is 4.88. The van der Waals surface area contributed by atoms with Gasteiger partial charge in [-0.2, -0.15) is 0 Å². The highest BCUT2D eigenvalue weighted by Gasteiger charge is 2.22. The molecule has 1 aliphatic heterocycles. The summed E-state index contributed by atoms with van der Waals surface area (Å²) in [6.45, 7) is 10.0. The number of hydrogen-bond donors (Lipinski definition) is 2. The van der Waals surface area contributed by atoms with Crippen LogP contribution >= 0.6 is 0 Å². The second-order valence-electron chi connectivity index (χ2n) is 6.78. The number of anilines is 1. The molecule has 1 heterocycles. The van der Waals surface area contributed by atoms with E-state index in [9.17, 15) is 5.11 Å². The minimum absolute atomic E-state index is 0.586. The van der Waals surface area contributed by atoms with Gasteiger partial charge in [-0.3, -0.25) is 4.90 Å². The van der Waals surface area contributed by atoms with Crippen LogP contribution in [0.15, 0.2) is 24.3 Å². The smallest absolute Gasteiger partial charge is 0.0718 e. The first-order chi connectivity index (χ1) is 9.92. The van der Waals surface area contributed by atoms with Crippen molar-refractivity contribution in [1.29, 1.82) is 0 Å². The van der Waals surface area contributed by atoms with Crippen molar-refractivity contribution < 1.29 is 5.11 Å². The number of aliphatic hydroxyl groups is 1. The predicted molar refractivity (Wildman–Crippen MR) is 88.4 cm³/mol. The number of rotatable bonds is 6. The van der Waals surface area contributed by atoms with E-state index in [1.807, 2.05) is 26.0 Å². The van der Waals surface area contributed by atoms with Crippen molar-refractivity contribution in [2.45, 2.75) is 32.3 Å². The maximum absolute atomic E-state index is 9.86. The van der Waals surface area contributed by atoms with Gasteiger partial charge in [0.15, 0.2) is 0 Å². The first-order valence-electron chi connectivity index (χ1n) is 7.94. The van der Waals surface area contributed by atoms with Crippen molar-refractivity contribution in [3.63, 3.8) is 0 Å². The number of hydrogen-bond acceptors (Lipinski definition) is 4. The third-order valence-electron chi connectivity index (χ3n) is 3.99. The number of nitrogen functional groups attached to an aromatic ring is 1. The van der Waals surface area contributed by atoms with Crippen molar-refractivity contribution in [3.8, 4) is 0 Å². The topological polar surface area (TPSA) is 52.7 Å². The molecular formula is C17H29N3O. The molecule has 1 saturated heterocycles. The second-order valence-corrected chi connectivity index (χ2v) is 6.78. The Kier molecular flexibility index (Phi) is 5.62. The summed E-state index contributed by atoms with van der Waals surface area (Å²) in [5.74, 6) is 0. The van der Waals surface area contributed by atoms with E-state index >= 15 is 0 Å². The summed E-state index contributed by atoms with van der Waals surface area (Å²) in [6, 6.07) is 8.20. The first kappa shape index (κ1) is 16.3. The molecule has 118 valence electrons. The average molecular weight is 291 g/mol. The van der Waals surface area contributed by atoms with E-state index in [-0.39, 0.29) is 0 Å². The van der Waals surface area contributed by atoms with E-state index in [1.165, 1.54) is 12.0 Å². The summed E-state index contributed by atoms with van der Waals surface area (Å²) >= 11 is 0. The molecule has 0 saturated carbocycles. The molecule has 1 aromatic rings. The molecule has 21 heavy (non-hydrogen) atoms. The molecule has 1 aliphatic rings. The van der Waals surface area contributed by atoms with Gasteiger partial charge in [0.05, 0.1) is 5.60 Å². The van der Waals surface area contributed by atoms with E-state index in [2.05, 4.69) is 21.9 Å². The fourth-order valence-electron chi connectivity index (χ4n) is 2.91. The molecule has 0 spiro atoms. The summed E-state index contributed by atoms with van der Waals surface area (Å²) in [7, 11) is 0. The van der Waals surface area contributed by atoms with E-state index in [1.54, 1.807) is 0 Å². The van der Waals surface area contributed by atoms with Crippen LogP contribution in [0, 0.1) is 0 Å². The van der Waals surface area contributed by atoms with Crippen LogP contribution in [0.1, 0.15) is 25.8 Å². The van der Waals surface area contributed by atoms with Gasteiger partial charge in [-0.15, -0.1) is 0 Å². The van der Waals surface area contributed by atoms with E-state index in [4.69, 9.17) is 5.73 Å². The molecule has 0 aromatic heterocycles. The van der Waals surface area contributed by atoms with Crippen LogP contribution in [0.4, 0.5) is 5.69 Å². The summed E-state index contributed by atoms with van der Waals surface area (Å²) < 4.78 is 0. The van der Waals surface area contributed by atoms with Crippen LogP contribution in [0.25, 0.3) is 0 Å². The quantitative estimate of drug-likeness (QED) is 0.782. The lowest BCUT2D eigenvalue weighted by Gasteiger charge is -2.37. The molecule has 4 heteroatoms. The van der Waals surface area contributed by atoms with Gasteiger partial charge in [-0.25, -0.2) is 0 Å². The second kappa shape index (κ2) is 7.25. The Hall–Kier alpha value is -1.10. The van der Waals surface area contributed by atoms with Crippen LogP contribution in [-0.2, 0) is 6.42 Å². The summed E-state index contributed by atoms with van der Waals surface area (Å²) in [5, 5.41) is 9.86. The number of β-amino-alcohol motifs (C(OH)–C–C–N with tert-alkyl or cyclic N) is 1. The molecule has 3 N–H and O–H groups in total. The van der Waals surface area contributed by atoms with Gasteiger partial charge < -0.3 is 15.7 Å². The van der Waals surface area contributed by atoms with E-state index in [0.29, 0.717) is 0 Å². The molecule has 0 aliphatic carbocycles. The minimum atomic E-state index is -0.586. The SMILES string of the molecule is CC(C)(O)CN1CCN(CCCc2ccc(N)cc2)CC1. The molecule has 0 unspecified atom stereocenters. The molecule has 2 rings (SSSR count). The monoisotopic (exact) mass is 291 g/mol. The number of nitrogens with two attached hydrogens (primary N) is 1. The molecular weight excluding hydrogens is 262 g/mol. The van der Waals surface area contributed by atoms with Crippen molar-refractivity contribution in [2.24, 2.45) is 0 Å². The van der Waals surface area contributed by atoms with Gasteiger partial charge in [0.25, 0.3) is 0 Å². The lowest BCUT2D eigenvalue weighted by molar-refractivity contribution is 0.0177. The number of nitrogens with zero attached hydrogens (tertiary/aromatic N) is 2. The number of piperazine rings is 1. The Morgan fingerprint density at radius 3 is 2.19 bits per heavy atom. The highest BCUT2D eigenvalue weighted by atomic mass is 16.3. The molecule has 4 nitrogen and oxygen atoms in total. The van der Waals surface area contributed by atoms with Crippen LogP contribution < -0.4 is 5.73 Å². The zero-order valence-corrected chi connectivity index (χ0v) is 13.4. The van der Waals surface area contributed by atoms with Gasteiger partial charge in [-0.05, 0) is 50.9 Å². The first-order valence-corrected chi connectivity index (χ1v) is 7.94. The third-order valence-corrected chi connectivity index (χ3v) is 3.99. The molecule has 1 aromatic carbocycles. The zero-order chi connectivity index (χ0) is 15.3. The van der Waals surface area contributed by atoms with Gasteiger partial charge in [0, 0.05) is 38.4 Å². The molecule has 0 amide bonds. The molecule has 1 fully saturated rings. The summed E-state index contributed by atoms with van der Waals surface area (Å²) in [6.07, 6.45) is 2.31. The Morgan fingerprint density at radius 2 is 1.62 bits per heavy atom. The number of benzene rings is 1. The van der Waals surface area contributed by atoms with Crippen molar-refractivity contribution in [3.05, 3.63) is 29.8 Å². The normalized spacial score (nSPS) is 18.0. The standard InChI is InChI=1S/C17H29N3O/c1-17(2,21)14-20-12-10-19(11-13-20)9-3-4-15-5-7-16(18)8-6-15/h5-8,21H,3-4,9-14,18H2,1-2H3. The van der Waals surface area contributed by atoms with Crippen molar-refractivity contribution >= 4 is 5.69 Å². The predicted octanol–water partition coefficient (Wildman–Crippen LogP) is 1.59. The van der Waals surface area contributed by atoms with Gasteiger partial charge in [-0.1, -0.05) is 12.1 Å². The maximum Gasteiger partial charge on any atom is 0.0718 e. The number of aryl methyl sites for hydroxylation is 1. The zero-order valence-electron chi connectivity index (χ0n) is 13.4. The fraction of sp³-hybridized carbons (Fsp3) is 0.647. The van der Waals surface area contributed by atoms with Crippen LogP contribution in [0.3, 0.4) is 0 Å². The van der Waals surface area contributed by atoms with Crippen LogP contribution in [-0.4, -0.2) is 59.8 Å². The Labute approximate surface area is 128 Å². The van der Waals surface area contributed by atoms with Gasteiger partial charge >= 0.3 is 0 Å². The van der Waals surface area contributed by atoms with Crippen LogP contribution in [0.2, 0.25) is 0 Å². The maximum atomic E-state index is 9.86. The van der Waals surface area contributed by atoms with Gasteiger partial charge in [0.1, 0.15) is 0 Å². The Balaban J connectivity index is 1.64. The minimum Gasteiger partial charge on any atom is -0.399 e. The third kappa shape index (κ3) is 6.04. The Morgan fingerprint density at radius 1 is 1.05 bits per heavy atom. The largest absolute Gasteiger partial charge is 0.399 e. The average Bonchev–Trinajstić information content (AvgIpc) is 2.41. The van der Waals surface area contributed by atoms with Crippen molar-refractivity contribution in [2.75, 3.05) is 45.0 Å². The van der Waals surface area contributed by atoms with E-state index < -0.39 is 5.60 Å². The molecule has 0 atom stereocenters. The van der Waals surface area contributed by atoms with E-state index in [0.717, 1.165) is 51.4 Å². The van der Waals surface area contributed by atoms with Crippen molar-refractivity contribution in [1.82, 2.24) is 9.80 Å². The lowest BCUT2D eigenvalue weighted by Crippen LogP contribution is -2.50. The molecule has 0 radical (unpaired) electrons. The Bertz CT molecular complexity index is 417. The summed E-state index contributed by atoms with van der Waals surface area (Å²) in [5.41, 5.74) is 7.31. The lowest BCUT2D eigenvalue weighted by atomic mass is 10.1. The highest BCUT2D eigenvalue weighted by molar-refractivity contribution is 5.39. The highest BCUT2D eigenvalue weighted by Crippen LogP contribution is 2.11. The fourth-order valence-corrected chi connectivity index (χ4v) is 2.91. The molecule has 0 bridgehead atoms. The van der Waals surface area contributed by atoms with Crippen LogP contribution in [0.5, 0.6) is 0 Å².